The number of fused-ring (bicyclic) bond motifs is 13. The highest BCUT2D eigenvalue weighted by Crippen LogP contribution is 2.61. The first kappa shape index (κ1) is 28.9. The molecule has 4 aliphatic rings. The third kappa shape index (κ3) is 3.76. The summed E-state index contributed by atoms with van der Waals surface area (Å²) >= 11 is 0. The van der Waals surface area contributed by atoms with Gasteiger partial charge in [-0.25, -0.2) is 0 Å². The molecule has 0 bridgehead atoms. The summed E-state index contributed by atoms with van der Waals surface area (Å²) in [5, 5.41) is 2.56. The van der Waals surface area contributed by atoms with Crippen molar-refractivity contribution in [3.63, 3.8) is 0 Å². The summed E-state index contributed by atoms with van der Waals surface area (Å²) in [7, 11) is 0. The summed E-state index contributed by atoms with van der Waals surface area (Å²) in [4.78, 5) is 7.66. The molecule has 3 heteroatoms. The lowest BCUT2D eigenvalue weighted by Gasteiger charge is -2.39. The molecule has 0 saturated heterocycles. The van der Waals surface area contributed by atoms with Crippen LogP contribution < -0.4 is 4.90 Å². The Balaban J connectivity index is 1.10. The summed E-state index contributed by atoms with van der Waals surface area (Å²) in [6.07, 6.45) is 8.75. The monoisotopic (exact) mass is 675 g/mol. The van der Waals surface area contributed by atoms with E-state index in [1.165, 1.54) is 72.0 Å². The number of aromatic nitrogens is 1. The second-order valence-electron chi connectivity index (χ2n) is 14.6. The SMILES string of the molecule is C1=CC2N=C(c3ccc(-c4cc5c6c(c4)c4ccccc4n6-c4ccccc4C54c5ccccc5-c5ccccc54)cc3)N(c3ccccc3)C2C=C1. The van der Waals surface area contributed by atoms with Crippen LogP contribution in [-0.2, 0) is 5.41 Å². The molecule has 1 aromatic heterocycles. The fourth-order valence-electron chi connectivity index (χ4n) is 9.94. The van der Waals surface area contributed by atoms with E-state index >= 15 is 0 Å². The molecule has 0 N–H and O–H groups in total. The Morgan fingerprint density at radius 3 is 1.92 bits per heavy atom. The molecule has 0 fully saturated rings. The number of anilines is 1. The largest absolute Gasteiger partial charge is 0.317 e. The van der Waals surface area contributed by atoms with Gasteiger partial charge in [0, 0.05) is 22.0 Å². The smallest absolute Gasteiger partial charge is 0.136 e. The minimum absolute atomic E-state index is 0.0962. The van der Waals surface area contributed by atoms with Crippen LogP contribution in [0.2, 0.25) is 0 Å². The number of hydrogen-bond acceptors (Lipinski definition) is 2. The van der Waals surface area contributed by atoms with E-state index < -0.39 is 5.41 Å². The van der Waals surface area contributed by atoms with Crippen molar-refractivity contribution in [1.29, 1.82) is 0 Å². The molecular weight excluding hydrogens is 643 g/mol. The number of para-hydroxylation sites is 3. The van der Waals surface area contributed by atoms with Crippen LogP contribution in [0.1, 0.15) is 27.8 Å². The van der Waals surface area contributed by atoms with Crippen LogP contribution in [0.5, 0.6) is 0 Å². The number of nitrogens with zero attached hydrogens (tertiary/aromatic N) is 3. The topological polar surface area (TPSA) is 20.5 Å². The highest BCUT2D eigenvalue weighted by molar-refractivity contribution is 6.15. The first-order valence-corrected chi connectivity index (χ1v) is 18.6. The van der Waals surface area contributed by atoms with E-state index in [2.05, 4.69) is 198 Å². The molecule has 0 saturated carbocycles. The first-order chi connectivity index (χ1) is 26.3. The molecule has 1 spiro atoms. The van der Waals surface area contributed by atoms with Crippen LogP contribution in [0.3, 0.4) is 0 Å². The van der Waals surface area contributed by atoms with E-state index in [9.17, 15) is 0 Å². The number of benzene rings is 7. The predicted octanol–water partition coefficient (Wildman–Crippen LogP) is 11.3. The fraction of sp³-hybridized carbons (Fsp3) is 0.0600. The van der Waals surface area contributed by atoms with Gasteiger partial charge in [-0.05, 0) is 80.9 Å². The van der Waals surface area contributed by atoms with Crippen LogP contribution >= 0.6 is 0 Å². The molecule has 3 nitrogen and oxygen atoms in total. The normalized spacial score (nSPS) is 18.3. The van der Waals surface area contributed by atoms with Crippen LogP contribution in [-0.4, -0.2) is 22.5 Å². The first-order valence-electron chi connectivity index (χ1n) is 18.6. The predicted molar refractivity (Wildman–Crippen MR) is 218 cm³/mol. The summed E-state index contributed by atoms with van der Waals surface area (Å²) in [5.41, 5.74) is 16.0. The van der Waals surface area contributed by atoms with Gasteiger partial charge in [0.15, 0.2) is 0 Å². The van der Waals surface area contributed by atoms with Gasteiger partial charge in [-0.15, -0.1) is 0 Å². The van der Waals surface area contributed by atoms with Crippen LogP contribution in [0.15, 0.2) is 193 Å². The highest BCUT2D eigenvalue weighted by atomic mass is 15.3. The lowest BCUT2D eigenvalue weighted by atomic mass is 9.65. The van der Waals surface area contributed by atoms with Crippen molar-refractivity contribution >= 4 is 33.3 Å². The van der Waals surface area contributed by atoms with Gasteiger partial charge in [0.25, 0.3) is 0 Å². The standard InChI is InChI=1S/C50H33N3/c1-2-14-35(15-3-1)52-47-25-13-10-22-44(47)51-49(52)33-28-26-32(27-29-33)34-30-39-38-18-6-11-23-45(38)53-46-24-12-9-21-42(46)50(43(31-34)48(39)53)40-19-7-4-16-36(40)37-17-5-8-20-41(37)50/h1-31,44,47H. The maximum atomic E-state index is 5.27. The molecule has 53 heavy (non-hydrogen) atoms. The molecule has 3 heterocycles. The molecule has 2 atom stereocenters. The third-order valence-electron chi connectivity index (χ3n) is 12.1. The van der Waals surface area contributed by atoms with E-state index in [0.29, 0.717) is 0 Å². The van der Waals surface area contributed by atoms with Gasteiger partial charge < -0.3 is 9.47 Å². The molecule has 0 radical (unpaired) electrons. The number of rotatable bonds is 3. The van der Waals surface area contributed by atoms with Crippen LogP contribution in [0.4, 0.5) is 5.69 Å². The van der Waals surface area contributed by atoms with Gasteiger partial charge in [0.2, 0.25) is 0 Å². The van der Waals surface area contributed by atoms with E-state index in [1.807, 2.05) is 0 Å². The maximum absolute atomic E-state index is 5.27. The summed E-state index contributed by atoms with van der Waals surface area (Å²) in [6, 6.07) is 61.1. The van der Waals surface area contributed by atoms with Crippen molar-refractivity contribution < 1.29 is 0 Å². The molecule has 8 aromatic rings. The Labute approximate surface area is 308 Å². The molecule has 0 amide bonds. The number of amidine groups is 1. The van der Waals surface area contributed by atoms with Gasteiger partial charge in [0.05, 0.1) is 34.2 Å². The lowest BCUT2D eigenvalue weighted by molar-refractivity contribution is 0.739. The zero-order valence-electron chi connectivity index (χ0n) is 28.9. The molecule has 2 unspecified atom stereocenters. The van der Waals surface area contributed by atoms with Crippen molar-refractivity contribution in [3.8, 4) is 27.9 Å². The number of aliphatic imine (C=N–C) groups is 1. The molecular formula is C50H33N3. The Kier molecular flexibility index (Phi) is 5.82. The fourth-order valence-corrected chi connectivity index (χ4v) is 9.94. The number of allylic oxidation sites excluding steroid dienone is 2. The molecule has 7 aromatic carbocycles. The Bertz CT molecular complexity index is 2860. The van der Waals surface area contributed by atoms with Crippen molar-refractivity contribution in [1.82, 2.24) is 4.57 Å². The Morgan fingerprint density at radius 1 is 0.491 bits per heavy atom. The average Bonchev–Trinajstić information content (AvgIpc) is 3.88. The minimum Gasteiger partial charge on any atom is -0.317 e. The van der Waals surface area contributed by atoms with Gasteiger partial charge in [-0.1, -0.05) is 152 Å². The van der Waals surface area contributed by atoms with Crippen LogP contribution in [0.25, 0.3) is 49.7 Å². The van der Waals surface area contributed by atoms with Crippen molar-refractivity contribution in [2.45, 2.75) is 17.5 Å². The van der Waals surface area contributed by atoms with Gasteiger partial charge in [-0.2, -0.15) is 0 Å². The summed E-state index contributed by atoms with van der Waals surface area (Å²) in [5.74, 6) is 1.01. The molecule has 248 valence electrons. The molecule has 12 rings (SSSR count). The highest BCUT2D eigenvalue weighted by Gasteiger charge is 2.50. The quantitative estimate of drug-likeness (QED) is 0.183. The zero-order valence-corrected chi connectivity index (χ0v) is 28.9. The molecule has 2 aliphatic carbocycles. The van der Waals surface area contributed by atoms with Crippen molar-refractivity contribution in [2.75, 3.05) is 4.90 Å². The summed E-state index contributed by atoms with van der Waals surface area (Å²) < 4.78 is 2.52. The van der Waals surface area contributed by atoms with Gasteiger partial charge in [0.1, 0.15) is 5.84 Å². The van der Waals surface area contributed by atoms with Crippen LogP contribution in [0, 0.1) is 0 Å². The Morgan fingerprint density at radius 2 is 1.13 bits per heavy atom. The van der Waals surface area contributed by atoms with Gasteiger partial charge in [-0.3, -0.25) is 4.99 Å². The second kappa shape index (κ2) is 10.7. The lowest BCUT2D eigenvalue weighted by Crippen LogP contribution is -2.39. The van der Waals surface area contributed by atoms with E-state index in [4.69, 9.17) is 4.99 Å². The second-order valence-corrected chi connectivity index (χ2v) is 14.6. The summed E-state index contributed by atoms with van der Waals surface area (Å²) in [6.45, 7) is 0. The van der Waals surface area contributed by atoms with E-state index in [-0.39, 0.29) is 12.1 Å². The average molecular weight is 676 g/mol. The van der Waals surface area contributed by atoms with Crippen molar-refractivity contribution in [2.24, 2.45) is 4.99 Å². The van der Waals surface area contributed by atoms with Crippen molar-refractivity contribution in [3.05, 3.63) is 216 Å². The maximum Gasteiger partial charge on any atom is 0.136 e. The minimum atomic E-state index is -0.464. The number of hydrogen-bond donors (Lipinski definition) is 0. The zero-order chi connectivity index (χ0) is 34.7. The Hall–Kier alpha value is -6.71. The third-order valence-corrected chi connectivity index (χ3v) is 12.1. The van der Waals surface area contributed by atoms with E-state index in [1.54, 1.807) is 0 Å². The van der Waals surface area contributed by atoms with Gasteiger partial charge >= 0.3 is 0 Å². The van der Waals surface area contributed by atoms with E-state index in [0.717, 1.165) is 17.1 Å². The molecule has 2 aliphatic heterocycles.